The predicted molar refractivity (Wildman–Crippen MR) is 107 cm³/mol. The molecule has 3 amide bonds. The van der Waals surface area contributed by atoms with E-state index in [0.717, 1.165) is 0 Å². The van der Waals surface area contributed by atoms with Crippen molar-refractivity contribution in [2.75, 3.05) is 0 Å². The lowest BCUT2D eigenvalue weighted by atomic mass is 10.0. The Labute approximate surface area is 183 Å². The molecule has 0 aromatic carbocycles. The third kappa shape index (κ3) is 10.7. The molecule has 0 heterocycles. The number of aliphatic carboxylic acids is 3. The number of carbonyl (C=O) groups is 6. The fraction of sp³-hybridized carbons (Fsp3) is 0.667. The first-order chi connectivity index (χ1) is 14.6. The molecule has 5 atom stereocenters. The molecule has 0 aliphatic carbocycles. The van der Waals surface area contributed by atoms with Gasteiger partial charge in [0.25, 0.3) is 0 Å². The Balaban J connectivity index is 5.56. The second-order valence-corrected chi connectivity index (χ2v) is 7.61. The van der Waals surface area contributed by atoms with Gasteiger partial charge in [0.05, 0.1) is 18.9 Å². The van der Waals surface area contributed by atoms with Crippen LogP contribution in [0.2, 0.25) is 0 Å². The number of carboxylic acids is 3. The van der Waals surface area contributed by atoms with Crippen molar-refractivity contribution in [3.05, 3.63) is 0 Å². The lowest BCUT2D eigenvalue weighted by molar-refractivity contribution is -0.148. The number of rotatable bonds is 14. The highest BCUT2D eigenvalue weighted by Crippen LogP contribution is 2.07. The highest BCUT2D eigenvalue weighted by molar-refractivity contribution is 5.96. The van der Waals surface area contributed by atoms with Gasteiger partial charge in [-0.05, 0) is 19.3 Å². The normalized spacial score (nSPS) is 15.6. The second-order valence-electron chi connectivity index (χ2n) is 7.61. The molecule has 0 saturated heterocycles. The minimum absolute atomic E-state index is 0.0717. The maximum Gasteiger partial charge on any atom is 0.326 e. The molecule has 0 spiro atoms. The van der Waals surface area contributed by atoms with Crippen molar-refractivity contribution >= 4 is 35.6 Å². The Morgan fingerprint density at radius 3 is 1.53 bits per heavy atom. The number of carboxylic acid groups (broad SMARTS) is 3. The zero-order chi connectivity index (χ0) is 25.2. The summed E-state index contributed by atoms with van der Waals surface area (Å²) < 4.78 is 0. The Hall–Kier alpha value is -3.26. The molecule has 0 fully saturated rings. The largest absolute Gasteiger partial charge is 0.481 e. The van der Waals surface area contributed by atoms with Crippen LogP contribution in [0.15, 0.2) is 0 Å². The van der Waals surface area contributed by atoms with Gasteiger partial charge in [-0.2, -0.15) is 0 Å². The predicted octanol–water partition coefficient (Wildman–Crippen LogP) is -2.77. The summed E-state index contributed by atoms with van der Waals surface area (Å²) >= 11 is 0. The van der Waals surface area contributed by atoms with E-state index in [9.17, 15) is 33.9 Å². The first kappa shape index (κ1) is 28.7. The fourth-order valence-corrected chi connectivity index (χ4v) is 2.49. The molecule has 0 saturated carbocycles. The molecule has 9 N–H and O–H groups in total. The summed E-state index contributed by atoms with van der Waals surface area (Å²) in [5.41, 5.74) is 5.54. The van der Waals surface area contributed by atoms with Crippen molar-refractivity contribution in [3.63, 3.8) is 0 Å². The average molecular weight is 462 g/mol. The number of aliphatic hydroxyl groups is 1. The molecule has 0 radical (unpaired) electrons. The Bertz CT molecular complexity index is 725. The number of aliphatic hydroxyl groups excluding tert-OH is 1. The van der Waals surface area contributed by atoms with Gasteiger partial charge >= 0.3 is 17.9 Å². The number of carbonyl (C=O) groups excluding carboxylic acids is 3. The minimum Gasteiger partial charge on any atom is -0.481 e. The second kappa shape index (κ2) is 13.2. The van der Waals surface area contributed by atoms with Crippen molar-refractivity contribution in [1.82, 2.24) is 16.0 Å². The zero-order valence-corrected chi connectivity index (χ0v) is 17.9. The third-order valence-electron chi connectivity index (χ3n) is 4.17. The number of nitrogens with two attached hydrogens (primary N) is 1. The van der Waals surface area contributed by atoms with Crippen molar-refractivity contribution in [2.24, 2.45) is 11.7 Å². The van der Waals surface area contributed by atoms with Crippen molar-refractivity contribution in [1.29, 1.82) is 0 Å². The summed E-state index contributed by atoms with van der Waals surface area (Å²) in [6.45, 7) is 4.72. The average Bonchev–Trinajstić information content (AvgIpc) is 2.64. The van der Waals surface area contributed by atoms with Gasteiger partial charge in [0.2, 0.25) is 17.7 Å². The Morgan fingerprint density at radius 2 is 1.12 bits per heavy atom. The van der Waals surface area contributed by atoms with E-state index in [1.54, 1.807) is 13.8 Å². The monoisotopic (exact) mass is 462 g/mol. The number of hydrogen-bond donors (Lipinski definition) is 8. The van der Waals surface area contributed by atoms with E-state index >= 15 is 0 Å². The Morgan fingerprint density at radius 1 is 0.719 bits per heavy atom. The molecule has 14 nitrogen and oxygen atoms in total. The Kier molecular flexibility index (Phi) is 11.9. The maximum atomic E-state index is 12.7. The number of amides is 3. The third-order valence-corrected chi connectivity index (χ3v) is 4.17. The van der Waals surface area contributed by atoms with E-state index in [1.807, 2.05) is 5.32 Å². The van der Waals surface area contributed by atoms with Gasteiger partial charge in [0, 0.05) is 0 Å². The van der Waals surface area contributed by atoms with Crippen LogP contribution >= 0.6 is 0 Å². The molecule has 5 unspecified atom stereocenters. The standard InChI is InChI=1S/C18H30N4O10/c1-7(2)4-9(21-17(30)14(19)8(3)23)15(28)20-10(5-12(24)25)16(29)22-11(18(31)32)6-13(26)27/h7-11,14,23H,4-6,19H2,1-3H3,(H,20,28)(H,21,30)(H,22,29)(H,24,25)(H,26,27)(H,31,32). The molecule has 182 valence electrons. The van der Waals surface area contributed by atoms with E-state index in [1.165, 1.54) is 6.92 Å². The van der Waals surface area contributed by atoms with Crippen LogP contribution in [0, 0.1) is 5.92 Å². The highest BCUT2D eigenvalue weighted by atomic mass is 16.4. The summed E-state index contributed by atoms with van der Waals surface area (Å²) in [6.07, 6.45) is -3.06. The van der Waals surface area contributed by atoms with Gasteiger partial charge in [0.1, 0.15) is 24.2 Å². The van der Waals surface area contributed by atoms with Crippen molar-refractivity contribution < 1.29 is 49.2 Å². The van der Waals surface area contributed by atoms with Crippen molar-refractivity contribution in [2.45, 2.75) is 70.3 Å². The van der Waals surface area contributed by atoms with Crippen LogP contribution in [0.25, 0.3) is 0 Å². The summed E-state index contributed by atoms with van der Waals surface area (Å²) in [4.78, 5) is 70.3. The first-order valence-electron chi connectivity index (χ1n) is 9.66. The van der Waals surface area contributed by atoms with Gasteiger partial charge in [-0.3, -0.25) is 24.0 Å². The van der Waals surface area contributed by atoms with Gasteiger partial charge in [-0.15, -0.1) is 0 Å². The summed E-state index contributed by atoms with van der Waals surface area (Å²) in [5, 5.41) is 42.6. The van der Waals surface area contributed by atoms with E-state index in [4.69, 9.17) is 21.1 Å². The molecular formula is C18H30N4O10. The molecule has 0 aromatic rings. The summed E-state index contributed by atoms with van der Waals surface area (Å²) in [6, 6.07) is -6.20. The molecule has 0 aliphatic rings. The zero-order valence-electron chi connectivity index (χ0n) is 17.9. The number of nitrogens with one attached hydrogen (secondary N) is 3. The maximum absolute atomic E-state index is 12.7. The SMILES string of the molecule is CC(C)CC(NC(=O)C(N)C(C)O)C(=O)NC(CC(=O)O)C(=O)NC(CC(=O)O)C(=O)O. The molecule has 0 aromatic heterocycles. The lowest BCUT2D eigenvalue weighted by Gasteiger charge is -2.25. The molecule has 0 bridgehead atoms. The van der Waals surface area contributed by atoms with Crippen LogP contribution in [0.3, 0.4) is 0 Å². The highest BCUT2D eigenvalue weighted by Gasteiger charge is 2.33. The van der Waals surface area contributed by atoms with Crippen LogP contribution in [0.1, 0.15) is 40.0 Å². The molecule has 14 heteroatoms. The van der Waals surface area contributed by atoms with Crippen LogP contribution < -0.4 is 21.7 Å². The van der Waals surface area contributed by atoms with Gasteiger partial charge in [-0.1, -0.05) is 13.8 Å². The fourth-order valence-electron chi connectivity index (χ4n) is 2.49. The minimum atomic E-state index is -1.86. The van der Waals surface area contributed by atoms with Gasteiger partial charge in [-0.25, -0.2) is 4.79 Å². The molecule has 0 aliphatic heterocycles. The van der Waals surface area contributed by atoms with Gasteiger partial charge < -0.3 is 42.1 Å². The quantitative estimate of drug-likeness (QED) is 0.131. The lowest BCUT2D eigenvalue weighted by Crippen LogP contribution is -2.58. The van der Waals surface area contributed by atoms with E-state index in [0.29, 0.717) is 0 Å². The van der Waals surface area contributed by atoms with Crippen LogP contribution in [-0.4, -0.2) is 86.3 Å². The molecular weight excluding hydrogens is 432 g/mol. The van der Waals surface area contributed by atoms with Crippen LogP contribution in [-0.2, 0) is 28.8 Å². The molecule has 0 rings (SSSR count). The van der Waals surface area contributed by atoms with Crippen molar-refractivity contribution in [3.8, 4) is 0 Å². The van der Waals surface area contributed by atoms with Crippen LogP contribution in [0.5, 0.6) is 0 Å². The summed E-state index contributed by atoms with van der Waals surface area (Å²) in [5.74, 6) is -7.86. The van der Waals surface area contributed by atoms with Gasteiger partial charge in [0.15, 0.2) is 0 Å². The first-order valence-corrected chi connectivity index (χ1v) is 9.66. The van der Waals surface area contributed by atoms with Crippen LogP contribution in [0.4, 0.5) is 0 Å². The topological polar surface area (TPSA) is 245 Å². The smallest absolute Gasteiger partial charge is 0.326 e. The van der Waals surface area contributed by atoms with E-state index < -0.39 is 78.7 Å². The summed E-state index contributed by atoms with van der Waals surface area (Å²) in [7, 11) is 0. The van der Waals surface area contributed by atoms with E-state index in [-0.39, 0.29) is 12.3 Å². The van der Waals surface area contributed by atoms with E-state index in [2.05, 4.69) is 10.6 Å². The number of hydrogen-bond acceptors (Lipinski definition) is 8. The molecule has 32 heavy (non-hydrogen) atoms.